The summed E-state index contributed by atoms with van der Waals surface area (Å²) in [7, 11) is -7.49. The lowest BCUT2D eigenvalue weighted by atomic mass is 10.0. The molecule has 2 aromatic rings. The van der Waals surface area contributed by atoms with E-state index < -0.39 is 26.1 Å². The van der Waals surface area contributed by atoms with Crippen molar-refractivity contribution in [1.82, 2.24) is 9.62 Å². The van der Waals surface area contributed by atoms with Crippen molar-refractivity contribution in [1.29, 1.82) is 0 Å². The number of primary sulfonamides is 1. The molecule has 3 rings (SSSR count). The fourth-order valence-electron chi connectivity index (χ4n) is 3.48. The average Bonchev–Trinajstić information content (AvgIpc) is 2.74. The van der Waals surface area contributed by atoms with Gasteiger partial charge in [0.25, 0.3) is 0 Å². The summed E-state index contributed by atoms with van der Waals surface area (Å²) >= 11 is 0. The van der Waals surface area contributed by atoms with Crippen LogP contribution in [0.25, 0.3) is 0 Å². The minimum Gasteiger partial charge on any atom is -0.354 e. The number of benzene rings is 2. The molecule has 0 unspecified atom stereocenters. The summed E-state index contributed by atoms with van der Waals surface area (Å²) in [6, 6.07) is 13.5. The topological polar surface area (TPSA) is 127 Å². The lowest BCUT2D eigenvalue weighted by Crippen LogP contribution is -2.52. The molecule has 0 saturated carbocycles. The normalized spacial score (nSPS) is 18.1. The number of rotatable bonds is 7. The predicted molar refractivity (Wildman–Crippen MR) is 113 cm³/mol. The Balaban J connectivity index is 1.63. The van der Waals surface area contributed by atoms with Crippen LogP contribution in [0, 0.1) is 0 Å². The van der Waals surface area contributed by atoms with Crippen LogP contribution in [0.15, 0.2) is 64.4 Å². The van der Waals surface area contributed by atoms with Gasteiger partial charge in [-0.25, -0.2) is 22.0 Å². The smallest absolute Gasteiger partial charge is 0.243 e. The molecule has 0 aromatic heterocycles. The van der Waals surface area contributed by atoms with Crippen molar-refractivity contribution in [2.45, 2.75) is 41.5 Å². The minimum absolute atomic E-state index is 0.0271. The number of amides is 1. The van der Waals surface area contributed by atoms with Crippen molar-refractivity contribution in [2.24, 2.45) is 5.14 Å². The van der Waals surface area contributed by atoms with Crippen molar-refractivity contribution in [2.75, 3.05) is 13.1 Å². The standard InChI is InChI=1S/C20H25N3O5S2/c21-29(25,26)17-11-9-16(10-12-17)13-14-22-20(24)19-8-4-5-15-23(19)30(27,28)18-6-2-1-3-7-18/h1-3,6-7,9-12,19H,4-5,8,13-15H2,(H,22,24)(H2,21,25,26)/t19-/m0/s1. The lowest BCUT2D eigenvalue weighted by molar-refractivity contribution is -0.125. The number of piperidine rings is 1. The molecule has 0 aliphatic carbocycles. The second-order valence-electron chi connectivity index (χ2n) is 7.17. The molecule has 1 aliphatic heterocycles. The lowest BCUT2D eigenvalue weighted by Gasteiger charge is -2.33. The van der Waals surface area contributed by atoms with Crippen LogP contribution in [-0.4, -0.2) is 46.2 Å². The molecule has 1 aliphatic rings. The molecular formula is C20H25N3O5S2. The largest absolute Gasteiger partial charge is 0.354 e. The third-order valence-corrected chi connectivity index (χ3v) is 7.92. The quantitative estimate of drug-likeness (QED) is 0.655. The molecule has 162 valence electrons. The molecule has 1 amide bonds. The van der Waals surface area contributed by atoms with Gasteiger partial charge in [-0.05, 0) is 49.1 Å². The van der Waals surface area contributed by atoms with E-state index in [-0.39, 0.29) is 15.7 Å². The number of nitrogens with zero attached hydrogens (tertiary/aromatic N) is 1. The van der Waals surface area contributed by atoms with E-state index >= 15 is 0 Å². The van der Waals surface area contributed by atoms with E-state index in [9.17, 15) is 21.6 Å². The molecule has 30 heavy (non-hydrogen) atoms. The molecule has 0 bridgehead atoms. The SMILES string of the molecule is NS(=O)(=O)c1ccc(CCNC(=O)[C@@H]2CCCCN2S(=O)(=O)c2ccccc2)cc1. The van der Waals surface area contributed by atoms with Gasteiger partial charge in [0.15, 0.2) is 0 Å². The molecule has 0 spiro atoms. The Morgan fingerprint density at radius 3 is 2.27 bits per heavy atom. The summed E-state index contributed by atoms with van der Waals surface area (Å²) in [6.07, 6.45) is 2.45. The average molecular weight is 452 g/mol. The fraction of sp³-hybridized carbons (Fsp3) is 0.350. The summed E-state index contributed by atoms with van der Waals surface area (Å²) in [5.41, 5.74) is 0.833. The van der Waals surface area contributed by atoms with Gasteiger partial charge in [-0.2, -0.15) is 4.31 Å². The highest BCUT2D eigenvalue weighted by Gasteiger charge is 2.37. The Morgan fingerprint density at radius 2 is 1.63 bits per heavy atom. The summed E-state index contributed by atoms with van der Waals surface area (Å²) in [6.45, 7) is 0.619. The van der Waals surface area contributed by atoms with E-state index in [4.69, 9.17) is 5.14 Å². The molecular weight excluding hydrogens is 426 g/mol. The zero-order valence-electron chi connectivity index (χ0n) is 16.4. The van der Waals surface area contributed by atoms with Gasteiger partial charge in [0.2, 0.25) is 26.0 Å². The third kappa shape index (κ3) is 5.25. The summed E-state index contributed by atoms with van der Waals surface area (Å²) in [5, 5.41) is 7.89. The first-order chi connectivity index (χ1) is 14.2. The van der Waals surface area contributed by atoms with Crippen LogP contribution in [0.1, 0.15) is 24.8 Å². The maximum atomic E-state index is 13.0. The number of carbonyl (C=O) groups excluding carboxylic acids is 1. The first kappa shape index (κ1) is 22.4. The van der Waals surface area contributed by atoms with E-state index in [1.54, 1.807) is 30.3 Å². The predicted octanol–water partition coefficient (Wildman–Crippen LogP) is 1.24. The molecule has 1 heterocycles. The molecule has 2 aromatic carbocycles. The van der Waals surface area contributed by atoms with E-state index in [0.29, 0.717) is 32.4 Å². The Kier molecular flexibility index (Phi) is 6.91. The zero-order chi connectivity index (χ0) is 21.8. The van der Waals surface area contributed by atoms with Gasteiger partial charge >= 0.3 is 0 Å². The Bertz CT molecular complexity index is 1090. The second kappa shape index (κ2) is 9.25. The zero-order valence-corrected chi connectivity index (χ0v) is 18.0. The van der Waals surface area contributed by atoms with Crippen molar-refractivity contribution in [3.63, 3.8) is 0 Å². The third-order valence-electron chi connectivity index (χ3n) is 5.07. The van der Waals surface area contributed by atoms with E-state index in [0.717, 1.165) is 12.0 Å². The maximum Gasteiger partial charge on any atom is 0.243 e. The van der Waals surface area contributed by atoms with Crippen LogP contribution >= 0.6 is 0 Å². The number of nitrogens with one attached hydrogen (secondary N) is 1. The fourth-order valence-corrected chi connectivity index (χ4v) is 5.67. The Morgan fingerprint density at radius 1 is 0.967 bits per heavy atom. The van der Waals surface area contributed by atoms with Gasteiger partial charge in [-0.1, -0.05) is 36.8 Å². The van der Waals surface area contributed by atoms with Crippen LogP contribution in [0.3, 0.4) is 0 Å². The Labute approximate surface area is 177 Å². The highest BCUT2D eigenvalue weighted by atomic mass is 32.2. The summed E-state index contributed by atoms with van der Waals surface area (Å²) in [5.74, 6) is -0.324. The van der Waals surface area contributed by atoms with E-state index in [1.807, 2.05) is 0 Å². The number of carbonyl (C=O) groups is 1. The van der Waals surface area contributed by atoms with Crippen molar-refractivity contribution < 1.29 is 21.6 Å². The van der Waals surface area contributed by atoms with Crippen molar-refractivity contribution in [3.05, 3.63) is 60.2 Å². The first-order valence-corrected chi connectivity index (χ1v) is 12.6. The van der Waals surface area contributed by atoms with Gasteiger partial charge < -0.3 is 5.32 Å². The van der Waals surface area contributed by atoms with Crippen LogP contribution in [-0.2, 0) is 31.3 Å². The molecule has 8 nitrogen and oxygen atoms in total. The van der Waals surface area contributed by atoms with Gasteiger partial charge in [-0.15, -0.1) is 0 Å². The van der Waals surface area contributed by atoms with Gasteiger partial charge in [-0.3, -0.25) is 4.79 Å². The van der Waals surface area contributed by atoms with Crippen molar-refractivity contribution in [3.8, 4) is 0 Å². The molecule has 10 heteroatoms. The highest BCUT2D eigenvalue weighted by molar-refractivity contribution is 7.89. The summed E-state index contributed by atoms with van der Waals surface area (Å²) in [4.78, 5) is 13.0. The van der Waals surface area contributed by atoms with Gasteiger partial charge in [0, 0.05) is 13.1 Å². The van der Waals surface area contributed by atoms with Crippen LogP contribution < -0.4 is 10.5 Å². The molecule has 0 radical (unpaired) electrons. The molecule has 1 fully saturated rings. The molecule has 3 N–H and O–H groups in total. The summed E-state index contributed by atoms with van der Waals surface area (Å²) < 4.78 is 49.9. The van der Waals surface area contributed by atoms with Crippen LogP contribution in [0.5, 0.6) is 0 Å². The molecule has 1 atom stereocenters. The highest BCUT2D eigenvalue weighted by Crippen LogP contribution is 2.25. The minimum atomic E-state index is -3.75. The monoisotopic (exact) mass is 451 g/mol. The van der Waals surface area contributed by atoms with Gasteiger partial charge in [0.05, 0.1) is 9.79 Å². The van der Waals surface area contributed by atoms with Crippen LogP contribution in [0.4, 0.5) is 0 Å². The number of hydrogen-bond acceptors (Lipinski definition) is 5. The number of hydrogen-bond donors (Lipinski definition) is 2. The number of sulfonamides is 2. The number of nitrogens with two attached hydrogens (primary N) is 1. The Hall–Kier alpha value is -2.27. The second-order valence-corrected chi connectivity index (χ2v) is 10.6. The van der Waals surface area contributed by atoms with E-state index in [1.165, 1.54) is 28.6 Å². The van der Waals surface area contributed by atoms with E-state index in [2.05, 4.69) is 5.32 Å². The van der Waals surface area contributed by atoms with Crippen LogP contribution in [0.2, 0.25) is 0 Å². The van der Waals surface area contributed by atoms with Crippen molar-refractivity contribution >= 4 is 26.0 Å². The first-order valence-electron chi connectivity index (χ1n) is 9.66. The molecule has 1 saturated heterocycles. The van der Waals surface area contributed by atoms with Gasteiger partial charge in [0.1, 0.15) is 6.04 Å². The maximum absolute atomic E-state index is 13.0.